The Morgan fingerprint density at radius 3 is 2.55 bits per heavy atom. The largest absolute Gasteiger partial charge is 0.342 e. The highest BCUT2D eigenvalue weighted by molar-refractivity contribution is 5.85. The Morgan fingerprint density at radius 2 is 2.00 bits per heavy atom. The Balaban J connectivity index is 0.00000176. The fraction of sp³-hybridized carbons (Fsp3) is 0.611. The summed E-state index contributed by atoms with van der Waals surface area (Å²) in [6, 6.07) is 8.83. The van der Waals surface area contributed by atoms with Gasteiger partial charge in [0, 0.05) is 19.0 Å². The third-order valence-electron chi connectivity index (χ3n) is 5.07. The standard InChI is InChI=1S/C18H26N2O.ClH/c1-12(2)14-3-5-15(6-4-14)16-9-17(16)18(21)20-8-7-13(10-19)11-20;/h3-6,12-13,16-17H,7-11,19H2,1-2H3;1H. The maximum absolute atomic E-state index is 12.5. The second kappa shape index (κ2) is 7.01. The van der Waals surface area contributed by atoms with Gasteiger partial charge in [-0.15, -0.1) is 12.4 Å². The van der Waals surface area contributed by atoms with Crippen LogP contribution in [-0.2, 0) is 4.79 Å². The Kier molecular flexibility index (Phi) is 5.51. The predicted octanol–water partition coefficient (Wildman–Crippen LogP) is 3.14. The van der Waals surface area contributed by atoms with Crippen LogP contribution in [0.15, 0.2) is 24.3 Å². The molecule has 0 spiro atoms. The van der Waals surface area contributed by atoms with Gasteiger partial charge in [0.2, 0.25) is 5.91 Å². The molecule has 0 aromatic heterocycles. The molecule has 22 heavy (non-hydrogen) atoms. The number of halogens is 1. The molecule has 1 aromatic rings. The molecule has 3 atom stereocenters. The zero-order valence-corrected chi connectivity index (χ0v) is 14.3. The van der Waals surface area contributed by atoms with E-state index in [0.717, 1.165) is 25.9 Å². The quantitative estimate of drug-likeness (QED) is 0.925. The van der Waals surface area contributed by atoms with E-state index < -0.39 is 0 Å². The molecule has 4 heteroatoms. The lowest BCUT2D eigenvalue weighted by Crippen LogP contribution is -2.31. The third-order valence-corrected chi connectivity index (χ3v) is 5.07. The Labute approximate surface area is 139 Å². The van der Waals surface area contributed by atoms with Crippen LogP contribution in [0.25, 0.3) is 0 Å². The number of carbonyl (C=O) groups is 1. The smallest absolute Gasteiger partial charge is 0.226 e. The summed E-state index contributed by atoms with van der Waals surface area (Å²) >= 11 is 0. The van der Waals surface area contributed by atoms with Gasteiger partial charge in [-0.1, -0.05) is 38.1 Å². The van der Waals surface area contributed by atoms with Crippen molar-refractivity contribution in [2.45, 2.75) is 38.5 Å². The van der Waals surface area contributed by atoms with Crippen molar-refractivity contribution in [3.8, 4) is 0 Å². The SMILES string of the molecule is CC(C)c1ccc(C2CC2C(=O)N2CCC(CN)C2)cc1.Cl. The van der Waals surface area contributed by atoms with Gasteiger partial charge >= 0.3 is 0 Å². The van der Waals surface area contributed by atoms with Crippen molar-refractivity contribution in [1.29, 1.82) is 0 Å². The van der Waals surface area contributed by atoms with Gasteiger partial charge in [-0.05, 0) is 48.3 Å². The summed E-state index contributed by atoms with van der Waals surface area (Å²) in [5.41, 5.74) is 8.40. The molecule has 0 radical (unpaired) electrons. The van der Waals surface area contributed by atoms with Crippen molar-refractivity contribution < 1.29 is 4.79 Å². The van der Waals surface area contributed by atoms with Gasteiger partial charge in [-0.2, -0.15) is 0 Å². The van der Waals surface area contributed by atoms with Gasteiger partial charge in [0.25, 0.3) is 0 Å². The monoisotopic (exact) mass is 322 g/mol. The molecule has 1 aromatic carbocycles. The fourth-order valence-corrected chi connectivity index (χ4v) is 3.42. The van der Waals surface area contributed by atoms with Crippen LogP contribution < -0.4 is 5.73 Å². The summed E-state index contributed by atoms with van der Waals surface area (Å²) in [7, 11) is 0. The van der Waals surface area contributed by atoms with Crippen molar-refractivity contribution in [3.05, 3.63) is 35.4 Å². The highest BCUT2D eigenvalue weighted by atomic mass is 35.5. The molecule has 1 saturated heterocycles. The van der Waals surface area contributed by atoms with Gasteiger partial charge in [0.05, 0.1) is 0 Å². The highest BCUT2D eigenvalue weighted by Gasteiger charge is 2.46. The minimum Gasteiger partial charge on any atom is -0.342 e. The first-order valence-corrected chi connectivity index (χ1v) is 8.19. The first-order chi connectivity index (χ1) is 10.1. The molecule has 1 aliphatic heterocycles. The maximum atomic E-state index is 12.5. The van der Waals surface area contributed by atoms with E-state index >= 15 is 0 Å². The van der Waals surface area contributed by atoms with Gasteiger partial charge in [0.1, 0.15) is 0 Å². The lowest BCUT2D eigenvalue weighted by atomic mass is 10.00. The van der Waals surface area contributed by atoms with Crippen molar-refractivity contribution in [2.75, 3.05) is 19.6 Å². The molecule has 1 aliphatic carbocycles. The topological polar surface area (TPSA) is 46.3 Å². The molecule has 3 nitrogen and oxygen atoms in total. The molecular weight excluding hydrogens is 296 g/mol. The van der Waals surface area contributed by atoms with Crippen molar-refractivity contribution >= 4 is 18.3 Å². The molecule has 2 N–H and O–H groups in total. The number of amides is 1. The van der Waals surface area contributed by atoms with Crippen LogP contribution in [0.5, 0.6) is 0 Å². The number of hydrogen-bond acceptors (Lipinski definition) is 2. The normalized spacial score (nSPS) is 26.9. The maximum Gasteiger partial charge on any atom is 0.226 e. The van der Waals surface area contributed by atoms with Crippen LogP contribution in [0.1, 0.15) is 49.7 Å². The number of benzene rings is 1. The number of hydrogen-bond donors (Lipinski definition) is 1. The second-order valence-corrected chi connectivity index (χ2v) is 6.94. The molecule has 3 rings (SSSR count). The summed E-state index contributed by atoms with van der Waals surface area (Å²) in [6.07, 6.45) is 2.09. The van der Waals surface area contributed by atoms with E-state index in [2.05, 4.69) is 38.1 Å². The molecule has 1 heterocycles. The van der Waals surface area contributed by atoms with Crippen LogP contribution >= 0.6 is 12.4 Å². The molecular formula is C18H27ClN2O. The van der Waals surface area contributed by atoms with E-state index in [1.807, 2.05) is 4.90 Å². The minimum absolute atomic E-state index is 0. The van der Waals surface area contributed by atoms with Gasteiger partial charge in [-0.25, -0.2) is 0 Å². The van der Waals surface area contributed by atoms with E-state index in [4.69, 9.17) is 5.73 Å². The highest BCUT2D eigenvalue weighted by Crippen LogP contribution is 2.49. The molecule has 2 aliphatic rings. The summed E-state index contributed by atoms with van der Waals surface area (Å²) in [5.74, 6) is 2.08. The molecule has 1 amide bonds. The zero-order valence-electron chi connectivity index (χ0n) is 13.5. The zero-order chi connectivity index (χ0) is 15.0. The van der Waals surface area contributed by atoms with Crippen LogP contribution in [0.3, 0.4) is 0 Å². The molecule has 3 unspecified atom stereocenters. The number of nitrogens with two attached hydrogens (primary N) is 1. The van der Waals surface area contributed by atoms with Gasteiger partial charge in [-0.3, -0.25) is 4.79 Å². The fourth-order valence-electron chi connectivity index (χ4n) is 3.42. The lowest BCUT2D eigenvalue weighted by Gasteiger charge is -2.16. The second-order valence-electron chi connectivity index (χ2n) is 6.94. The Morgan fingerprint density at radius 1 is 1.32 bits per heavy atom. The third kappa shape index (κ3) is 3.47. The summed E-state index contributed by atoms with van der Waals surface area (Å²) < 4.78 is 0. The predicted molar refractivity (Wildman–Crippen MR) is 92.4 cm³/mol. The van der Waals surface area contributed by atoms with Gasteiger partial charge < -0.3 is 10.6 Å². The van der Waals surface area contributed by atoms with Gasteiger partial charge in [0.15, 0.2) is 0 Å². The van der Waals surface area contributed by atoms with Crippen molar-refractivity contribution in [1.82, 2.24) is 4.90 Å². The first-order valence-electron chi connectivity index (χ1n) is 8.19. The van der Waals surface area contributed by atoms with Crippen molar-refractivity contribution in [3.63, 3.8) is 0 Å². The van der Waals surface area contributed by atoms with E-state index in [0.29, 0.717) is 30.2 Å². The number of rotatable bonds is 4. The molecule has 1 saturated carbocycles. The van der Waals surface area contributed by atoms with Crippen LogP contribution in [-0.4, -0.2) is 30.4 Å². The van der Waals surface area contributed by atoms with E-state index in [1.165, 1.54) is 11.1 Å². The molecule has 0 bridgehead atoms. The number of nitrogens with zero attached hydrogens (tertiary/aromatic N) is 1. The van der Waals surface area contributed by atoms with Crippen LogP contribution in [0.4, 0.5) is 0 Å². The summed E-state index contributed by atoms with van der Waals surface area (Å²) in [6.45, 7) is 6.88. The Bertz CT molecular complexity index is 514. The average molecular weight is 323 g/mol. The van der Waals surface area contributed by atoms with E-state index in [1.54, 1.807) is 0 Å². The first kappa shape index (κ1) is 17.3. The van der Waals surface area contributed by atoms with E-state index in [-0.39, 0.29) is 18.3 Å². The molecule has 2 fully saturated rings. The molecule has 122 valence electrons. The van der Waals surface area contributed by atoms with E-state index in [9.17, 15) is 4.79 Å². The number of likely N-dealkylation sites (tertiary alicyclic amines) is 1. The summed E-state index contributed by atoms with van der Waals surface area (Å²) in [5, 5.41) is 0. The lowest BCUT2D eigenvalue weighted by molar-refractivity contribution is -0.131. The van der Waals surface area contributed by atoms with Crippen molar-refractivity contribution in [2.24, 2.45) is 17.6 Å². The minimum atomic E-state index is 0. The summed E-state index contributed by atoms with van der Waals surface area (Å²) in [4.78, 5) is 14.5. The van der Waals surface area contributed by atoms with Crippen LogP contribution in [0, 0.1) is 11.8 Å². The average Bonchev–Trinajstić information content (AvgIpc) is 3.15. The Hall–Kier alpha value is -1.06. The number of carbonyl (C=O) groups excluding carboxylic acids is 1. The van der Waals surface area contributed by atoms with Crippen LogP contribution in [0.2, 0.25) is 0 Å².